The Kier molecular flexibility index (Phi) is 9.17. The van der Waals surface area contributed by atoms with E-state index in [9.17, 15) is 8.42 Å². The summed E-state index contributed by atoms with van der Waals surface area (Å²) in [5.41, 5.74) is 0. The molecule has 52 valence electrons. The maximum atomic E-state index is 10.2. The zero-order valence-corrected chi connectivity index (χ0v) is 5.86. The van der Waals surface area contributed by atoms with Gasteiger partial charge in [0.2, 0.25) is 0 Å². The summed E-state index contributed by atoms with van der Waals surface area (Å²) >= 11 is 0. The van der Waals surface area contributed by atoms with Gasteiger partial charge in [-0.25, -0.2) is 0 Å². The summed E-state index contributed by atoms with van der Waals surface area (Å²) in [6, 6.07) is 0. The monoisotopic (exact) mass is 178 g/mol. The van der Waals surface area contributed by atoms with E-state index in [1.54, 1.807) is 0 Å². The minimum atomic E-state index is -3.19. The summed E-state index contributed by atoms with van der Waals surface area (Å²) in [4.78, 5) is 0. The van der Waals surface area contributed by atoms with Crippen LogP contribution in [0, 0.1) is 0 Å². The summed E-state index contributed by atoms with van der Waals surface area (Å²) in [5, 5.41) is 0. The standard InChI is InChI=1S/C4H10O3S.K.H/c1-3-4-7-8(2,5)6;;/h3-4H2,1-2H3;;. The normalized spacial score (nSPS) is 10.4. The van der Waals surface area contributed by atoms with E-state index in [0.717, 1.165) is 12.7 Å². The number of hydrogen-bond acceptors (Lipinski definition) is 3. The minimum absolute atomic E-state index is 0. The molecule has 0 aliphatic carbocycles. The van der Waals surface area contributed by atoms with Crippen molar-refractivity contribution >= 4 is 61.5 Å². The van der Waals surface area contributed by atoms with Gasteiger partial charge in [-0.1, -0.05) is 6.92 Å². The van der Waals surface area contributed by atoms with Crippen LogP contribution in [0.2, 0.25) is 0 Å². The van der Waals surface area contributed by atoms with Crippen LogP contribution < -0.4 is 0 Å². The topological polar surface area (TPSA) is 43.4 Å². The van der Waals surface area contributed by atoms with Gasteiger partial charge < -0.3 is 0 Å². The predicted molar refractivity (Wildman–Crippen MR) is 38.2 cm³/mol. The fraction of sp³-hybridized carbons (Fsp3) is 1.00. The Morgan fingerprint density at radius 1 is 1.44 bits per heavy atom. The molecule has 5 heteroatoms. The van der Waals surface area contributed by atoms with Crippen LogP contribution in [0.4, 0.5) is 0 Å². The van der Waals surface area contributed by atoms with Crippen molar-refractivity contribution in [1.29, 1.82) is 0 Å². The van der Waals surface area contributed by atoms with Crippen LogP contribution in [-0.2, 0) is 14.3 Å². The van der Waals surface area contributed by atoms with E-state index >= 15 is 0 Å². The van der Waals surface area contributed by atoms with Crippen LogP contribution in [0.3, 0.4) is 0 Å². The number of rotatable bonds is 3. The molecule has 0 fully saturated rings. The van der Waals surface area contributed by atoms with E-state index in [0.29, 0.717) is 6.61 Å². The summed E-state index contributed by atoms with van der Waals surface area (Å²) in [7, 11) is -3.19. The SMILES string of the molecule is CCCOS(C)(=O)=O.[KH]. The molecule has 0 rings (SSSR count). The first-order valence-corrected chi connectivity index (χ1v) is 4.22. The van der Waals surface area contributed by atoms with Crippen LogP contribution >= 0.6 is 0 Å². The summed E-state index contributed by atoms with van der Waals surface area (Å²) < 4.78 is 24.7. The Bertz CT molecular complexity index is 140. The van der Waals surface area contributed by atoms with Crippen molar-refractivity contribution in [3.8, 4) is 0 Å². The Hall–Kier alpha value is 1.55. The van der Waals surface area contributed by atoms with Gasteiger partial charge in [-0.2, -0.15) is 8.42 Å². The average Bonchev–Trinajstić information content (AvgIpc) is 1.59. The van der Waals surface area contributed by atoms with Crippen molar-refractivity contribution in [3.63, 3.8) is 0 Å². The van der Waals surface area contributed by atoms with Crippen molar-refractivity contribution in [1.82, 2.24) is 0 Å². The molecule has 0 N–H and O–H groups in total. The van der Waals surface area contributed by atoms with Crippen LogP contribution in [0.5, 0.6) is 0 Å². The van der Waals surface area contributed by atoms with Gasteiger partial charge in [0.15, 0.2) is 0 Å². The maximum absolute atomic E-state index is 10.2. The molecular formula is C4H11KO3S. The van der Waals surface area contributed by atoms with E-state index in [2.05, 4.69) is 4.18 Å². The van der Waals surface area contributed by atoms with Gasteiger partial charge in [-0.15, -0.1) is 0 Å². The third-order valence-corrected chi connectivity index (χ3v) is 1.10. The second kappa shape index (κ2) is 6.27. The molecule has 0 spiro atoms. The van der Waals surface area contributed by atoms with Crippen molar-refractivity contribution < 1.29 is 12.6 Å². The second-order valence-corrected chi connectivity index (χ2v) is 3.17. The van der Waals surface area contributed by atoms with E-state index in [-0.39, 0.29) is 51.4 Å². The van der Waals surface area contributed by atoms with Gasteiger partial charge >= 0.3 is 51.4 Å². The molecule has 9 heavy (non-hydrogen) atoms. The zero-order valence-electron chi connectivity index (χ0n) is 5.05. The molecule has 0 saturated carbocycles. The average molecular weight is 178 g/mol. The molecule has 0 saturated heterocycles. The Morgan fingerprint density at radius 3 is 2.00 bits per heavy atom. The first-order valence-electron chi connectivity index (χ1n) is 2.40. The van der Waals surface area contributed by atoms with Crippen LogP contribution in [-0.4, -0.2) is 72.7 Å². The van der Waals surface area contributed by atoms with E-state index in [1.165, 1.54) is 0 Å². The molecule has 0 atom stereocenters. The first-order chi connectivity index (χ1) is 3.56. The third kappa shape index (κ3) is 12.7. The predicted octanol–water partition coefficient (Wildman–Crippen LogP) is -0.276. The molecule has 0 unspecified atom stereocenters. The van der Waals surface area contributed by atoms with Gasteiger partial charge in [-0.05, 0) is 6.42 Å². The fourth-order valence-electron chi connectivity index (χ4n) is 0.235. The molecule has 0 radical (unpaired) electrons. The van der Waals surface area contributed by atoms with Crippen molar-refractivity contribution in [2.75, 3.05) is 12.9 Å². The van der Waals surface area contributed by atoms with Gasteiger partial charge in [0, 0.05) is 0 Å². The van der Waals surface area contributed by atoms with E-state index < -0.39 is 10.1 Å². The quantitative estimate of drug-likeness (QED) is 0.441. The first kappa shape index (κ1) is 13.2. The van der Waals surface area contributed by atoms with Gasteiger partial charge in [0.25, 0.3) is 10.1 Å². The van der Waals surface area contributed by atoms with Crippen LogP contribution in [0.25, 0.3) is 0 Å². The van der Waals surface area contributed by atoms with E-state index in [4.69, 9.17) is 0 Å². The van der Waals surface area contributed by atoms with Crippen LogP contribution in [0.1, 0.15) is 13.3 Å². The molecule has 0 aromatic carbocycles. The fourth-order valence-corrected chi connectivity index (χ4v) is 0.704. The summed E-state index contributed by atoms with van der Waals surface area (Å²) in [6.07, 6.45) is 1.77. The Morgan fingerprint density at radius 2 is 1.89 bits per heavy atom. The molecule has 0 aromatic rings. The molecule has 0 bridgehead atoms. The molecule has 0 aliphatic rings. The summed E-state index contributed by atoms with van der Waals surface area (Å²) in [6.45, 7) is 2.14. The van der Waals surface area contributed by atoms with Crippen molar-refractivity contribution in [2.45, 2.75) is 13.3 Å². The third-order valence-electron chi connectivity index (χ3n) is 0.502. The summed E-state index contributed by atoms with van der Waals surface area (Å²) in [5.74, 6) is 0. The second-order valence-electron chi connectivity index (χ2n) is 1.53. The van der Waals surface area contributed by atoms with Gasteiger partial charge in [0.05, 0.1) is 12.9 Å². The molecule has 0 heterocycles. The Labute approximate surface area is 98.7 Å². The molecule has 0 aliphatic heterocycles. The van der Waals surface area contributed by atoms with Gasteiger partial charge in [-0.3, -0.25) is 4.18 Å². The molecule has 0 amide bonds. The van der Waals surface area contributed by atoms with E-state index in [1.807, 2.05) is 6.92 Å². The molecule has 0 aromatic heterocycles. The van der Waals surface area contributed by atoms with Crippen molar-refractivity contribution in [2.24, 2.45) is 0 Å². The zero-order chi connectivity index (χ0) is 6.62. The van der Waals surface area contributed by atoms with Gasteiger partial charge in [0.1, 0.15) is 0 Å². The molecule has 3 nitrogen and oxygen atoms in total. The van der Waals surface area contributed by atoms with Crippen molar-refractivity contribution in [3.05, 3.63) is 0 Å². The number of hydrogen-bond donors (Lipinski definition) is 0. The van der Waals surface area contributed by atoms with Crippen LogP contribution in [0.15, 0.2) is 0 Å². The molecular weight excluding hydrogens is 167 g/mol. The Balaban J connectivity index is 0.